The van der Waals surface area contributed by atoms with Gasteiger partial charge in [-0.05, 0) is 31.0 Å². The Morgan fingerprint density at radius 3 is 2.57 bits per heavy atom. The van der Waals surface area contributed by atoms with Crippen molar-refractivity contribution in [3.8, 4) is 0 Å². The third kappa shape index (κ3) is 4.24. The van der Waals surface area contributed by atoms with Crippen LogP contribution in [0.1, 0.15) is 41.3 Å². The summed E-state index contributed by atoms with van der Waals surface area (Å²) in [6.45, 7) is 4.14. The Hall–Kier alpha value is -2.49. The Bertz CT molecular complexity index is 618. The molecular formula is C17H19N3O. The molecule has 1 N–H and O–H groups in total. The summed E-state index contributed by atoms with van der Waals surface area (Å²) in [7, 11) is 0. The van der Waals surface area contributed by atoms with Crippen LogP contribution in [0.25, 0.3) is 0 Å². The highest BCUT2D eigenvalue weighted by atomic mass is 16.2. The average Bonchev–Trinajstić information content (AvgIpc) is 2.53. The molecule has 1 aromatic carbocycles. The van der Waals surface area contributed by atoms with Gasteiger partial charge in [0.15, 0.2) is 0 Å². The Balaban J connectivity index is 2.14. The van der Waals surface area contributed by atoms with E-state index in [1.807, 2.05) is 31.2 Å². The summed E-state index contributed by atoms with van der Waals surface area (Å²) in [5, 5.41) is 4.28. The first kappa shape index (κ1) is 14.9. The zero-order chi connectivity index (χ0) is 15.1. The number of hydrazone groups is 1. The zero-order valence-electron chi connectivity index (χ0n) is 12.3. The smallest absolute Gasteiger partial charge is 0.267 e. The number of aromatic nitrogens is 1. The summed E-state index contributed by atoms with van der Waals surface area (Å²) in [5.74, 6) is -0.246. The second-order valence-electron chi connectivity index (χ2n) is 4.86. The number of benzene rings is 1. The molecule has 0 fully saturated rings. The van der Waals surface area contributed by atoms with Crippen molar-refractivity contribution in [2.24, 2.45) is 5.10 Å². The van der Waals surface area contributed by atoms with E-state index in [0.29, 0.717) is 5.56 Å². The van der Waals surface area contributed by atoms with Crippen LogP contribution in [0.5, 0.6) is 0 Å². The SMILES string of the molecule is CCCC(=NNC(=O)c1cccnc1)c1ccc(C)cc1. The second-order valence-corrected chi connectivity index (χ2v) is 4.86. The normalized spacial score (nSPS) is 11.2. The summed E-state index contributed by atoms with van der Waals surface area (Å²) in [4.78, 5) is 15.9. The van der Waals surface area contributed by atoms with Crippen LogP contribution in [0, 0.1) is 6.92 Å². The number of carbonyl (C=O) groups excluding carboxylic acids is 1. The molecule has 4 heteroatoms. The molecule has 0 bridgehead atoms. The van der Waals surface area contributed by atoms with Gasteiger partial charge in [0.05, 0.1) is 11.3 Å². The minimum Gasteiger partial charge on any atom is -0.267 e. The topological polar surface area (TPSA) is 54.4 Å². The van der Waals surface area contributed by atoms with Crippen molar-refractivity contribution in [1.29, 1.82) is 0 Å². The molecule has 2 aromatic rings. The fourth-order valence-corrected chi connectivity index (χ4v) is 1.93. The predicted molar refractivity (Wildman–Crippen MR) is 84.3 cm³/mol. The first-order valence-electron chi connectivity index (χ1n) is 7.04. The number of nitrogens with one attached hydrogen (secondary N) is 1. The molecule has 0 saturated heterocycles. The molecule has 0 spiro atoms. The molecule has 21 heavy (non-hydrogen) atoms. The van der Waals surface area contributed by atoms with E-state index in [1.165, 1.54) is 11.8 Å². The van der Waals surface area contributed by atoms with Gasteiger partial charge in [-0.25, -0.2) is 5.43 Å². The Kier molecular flexibility index (Phi) is 5.21. The molecule has 0 radical (unpaired) electrons. The van der Waals surface area contributed by atoms with Gasteiger partial charge in [-0.3, -0.25) is 9.78 Å². The molecule has 1 heterocycles. The monoisotopic (exact) mass is 281 g/mol. The van der Waals surface area contributed by atoms with Crippen LogP contribution in [0.3, 0.4) is 0 Å². The highest BCUT2D eigenvalue weighted by Gasteiger charge is 2.06. The van der Waals surface area contributed by atoms with E-state index in [4.69, 9.17) is 0 Å². The molecule has 0 aliphatic carbocycles. The van der Waals surface area contributed by atoms with Gasteiger partial charge < -0.3 is 0 Å². The van der Waals surface area contributed by atoms with Gasteiger partial charge in [-0.2, -0.15) is 5.10 Å². The van der Waals surface area contributed by atoms with Crippen molar-refractivity contribution < 1.29 is 4.79 Å². The van der Waals surface area contributed by atoms with Gasteiger partial charge in [0, 0.05) is 12.4 Å². The summed E-state index contributed by atoms with van der Waals surface area (Å²) >= 11 is 0. The molecular weight excluding hydrogens is 262 g/mol. The third-order valence-corrected chi connectivity index (χ3v) is 3.09. The van der Waals surface area contributed by atoms with Crippen LogP contribution < -0.4 is 5.43 Å². The Labute approximate surface area is 124 Å². The minimum absolute atomic E-state index is 0.246. The van der Waals surface area contributed by atoms with Crippen LogP contribution in [-0.4, -0.2) is 16.6 Å². The van der Waals surface area contributed by atoms with E-state index < -0.39 is 0 Å². The average molecular weight is 281 g/mol. The number of nitrogens with zero attached hydrogens (tertiary/aromatic N) is 2. The standard InChI is InChI=1S/C17H19N3O/c1-3-5-16(14-9-7-13(2)8-10-14)19-20-17(21)15-6-4-11-18-12-15/h4,6-12H,3,5H2,1-2H3,(H,20,21). The largest absolute Gasteiger partial charge is 0.272 e. The van der Waals surface area contributed by atoms with Crippen LogP contribution in [0.4, 0.5) is 0 Å². The summed E-state index contributed by atoms with van der Waals surface area (Å²) < 4.78 is 0. The lowest BCUT2D eigenvalue weighted by molar-refractivity contribution is 0.0954. The number of rotatable bonds is 5. The van der Waals surface area contributed by atoms with E-state index in [0.717, 1.165) is 24.1 Å². The van der Waals surface area contributed by atoms with Crippen molar-refractivity contribution in [2.45, 2.75) is 26.7 Å². The highest BCUT2D eigenvalue weighted by molar-refractivity contribution is 6.02. The number of aryl methyl sites for hydroxylation is 1. The number of amides is 1. The molecule has 4 nitrogen and oxygen atoms in total. The van der Waals surface area contributed by atoms with Gasteiger partial charge in [0.1, 0.15) is 0 Å². The Morgan fingerprint density at radius 1 is 1.19 bits per heavy atom. The molecule has 1 amide bonds. The van der Waals surface area contributed by atoms with Gasteiger partial charge >= 0.3 is 0 Å². The maximum absolute atomic E-state index is 12.0. The molecule has 2 rings (SSSR count). The van der Waals surface area contributed by atoms with E-state index >= 15 is 0 Å². The summed E-state index contributed by atoms with van der Waals surface area (Å²) in [6, 6.07) is 11.6. The third-order valence-electron chi connectivity index (χ3n) is 3.09. The number of hydrogen-bond acceptors (Lipinski definition) is 3. The molecule has 0 atom stereocenters. The van der Waals surface area contributed by atoms with Gasteiger partial charge in [0.2, 0.25) is 0 Å². The van der Waals surface area contributed by atoms with Gasteiger partial charge in [-0.15, -0.1) is 0 Å². The molecule has 0 unspecified atom stereocenters. The van der Waals surface area contributed by atoms with E-state index in [9.17, 15) is 4.79 Å². The number of hydrogen-bond donors (Lipinski definition) is 1. The highest BCUT2D eigenvalue weighted by Crippen LogP contribution is 2.08. The van der Waals surface area contributed by atoms with Gasteiger partial charge in [-0.1, -0.05) is 43.2 Å². The maximum atomic E-state index is 12.0. The predicted octanol–water partition coefficient (Wildman–Crippen LogP) is 3.32. The molecule has 0 aliphatic rings. The minimum atomic E-state index is -0.246. The first-order chi connectivity index (χ1) is 10.2. The first-order valence-corrected chi connectivity index (χ1v) is 7.04. The summed E-state index contributed by atoms with van der Waals surface area (Å²) in [6.07, 6.45) is 4.94. The van der Waals surface area contributed by atoms with Crippen LogP contribution in [0.15, 0.2) is 53.9 Å². The number of carbonyl (C=O) groups is 1. The second kappa shape index (κ2) is 7.33. The molecule has 0 saturated carbocycles. The lowest BCUT2D eigenvalue weighted by atomic mass is 10.0. The van der Waals surface area contributed by atoms with Crippen molar-refractivity contribution >= 4 is 11.6 Å². The lowest BCUT2D eigenvalue weighted by Crippen LogP contribution is -2.20. The van der Waals surface area contributed by atoms with Crippen molar-refractivity contribution in [2.75, 3.05) is 0 Å². The quantitative estimate of drug-likeness (QED) is 0.675. The summed E-state index contributed by atoms with van der Waals surface area (Å²) in [5.41, 5.74) is 6.23. The molecule has 0 aliphatic heterocycles. The van der Waals surface area contributed by atoms with Crippen molar-refractivity contribution in [3.63, 3.8) is 0 Å². The maximum Gasteiger partial charge on any atom is 0.272 e. The molecule has 1 aromatic heterocycles. The fourth-order valence-electron chi connectivity index (χ4n) is 1.93. The Morgan fingerprint density at radius 2 is 1.95 bits per heavy atom. The van der Waals surface area contributed by atoms with Crippen LogP contribution in [0.2, 0.25) is 0 Å². The van der Waals surface area contributed by atoms with Gasteiger partial charge in [0.25, 0.3) is 5.91 Å². The van der Waals surface area contributed by atoms with Crippen molar-refractivity contribution in [3.05, 3.63) is 65.5 Å². The van der Waals surface area contributed by atoms with Crippen molar-refractivity contribution in [1.82, 2.24) is 10.4 Å². The van der Waals surface area contributed by atoms with E-state index in [-0.39, 0.29) is 5.91 Å². The van der Waals surface area contributed by atoms with E-state index in [1.54, 1.807) is 18.3 Å². The number of pyridine rings is 1. The van der Waals surface area contributed by atoms with Crippen LogP contribution >= 0.6 is 0 Å². The fraction of sp³-hybridized carbons (Fsp3) is 0.235. The lowest BCUT2D eigenvalue weighted by Gasteiger charge is -2.07. The van der Waals surface area contributed by atoms with Crippen LogP contribution in [-0.2, 0) is 0 Å². The molecule has 108 valence electrons. The zero-order valence-corrected chi connectivity index (χ0v) is 12.3. The van der Waals surface area contributed by atoms with E-state index in [2.05, 4.69) is 22.4 Å².